The second-order valence-corrected chi connectivity index (χ2v) is 26.5. The van der Waals surface area contributed by atoms with Gasteiger partial charge in [-0.2, -0.15) is 0 Å². The van der Waals surface area contributed by atoms with Crippen molar-refractivity contribution in [2.75, 3.05) is 0 Å². The molecule has 0 aliphatic heterocycles. The minimum Gasteiger partial charge on any atom is -0.423 e. The molecule has 0 heterocycles. The average molecular weight is 811 g/mol. The summed E-state index contributed by atoms with van der Waals surface area (Å²) < 4.78 is 7.01. The van der Waals surface area contributed by atoms with E-state index in [0.717, 1.165) is 23.1 Å². The maximum atomic E-state index is 16.2. The molecule has 0 saturated heterocycles. The molecule has 2 nitrogen and oxygen atoms in total. The van der Waals surface area contributed by atoms with Crippen molar-refractivity contribution in [1.29, 1.82) is 0 Å². The Hall–Kier alpha value is -3.65. The van der Waals surface area contributed by atoms with E-state index >= 15 is 4.79 Å². The summed E-state index contributed by atoms with van der Waals surface area (Å²) in [6.07, 6.45) is 0.761. The van der Waals surface area contributed by atoms with Gasteiger partial charge in [-0.05, 0) is 117 Å². The van der Waals surface area contributed by atoms with Crippen molar-refractivity contribution in [1.82, 2.24) is 0 Å². The number of esters is 1. The molecule has 2 heteroatoms. The first-order valence-corrected chi connectivity index (χ1v) is 22.7. The quantitative estimate of drug-likeness (QED) is 0.131. The van der Waals surface area contributed by atoms with Gasteiger partial charge in [0.1, 0.15) is 5.75 Å². The highest BCUT2D eigenvalue weighted by atomic mass is 16.5. The monoisotopic (exact) mass is 811 g/mol. The summed E-state index contributed by atoms with van der Waals surface area (Å²) in [6, 6.07) is 18.8. The van der Waals surface area contributed by atoms with Crippen LogP contribution in [-0.2, 0) is 49.7 Å². The van der Waals surface area contributed by atoms with E-state index in [1.54, 1.807) is 0 Å². The summed E-state index contributed by atoms with van der Waals surface area (Å²) in [5.74, 6) is 0.343. The lowest BCUT2D eigenvalue weighted by molar-refractivity contribution is 0.0733. The molecule has 0 N–H and O–H groups in total. The van der Waals surface area contributed by atoms with Crippen LogP contribution in [0, 0.1) is 0 Å². The number of ether oxygens (including phenoxy) is 1. The summed E-state index contributed by atoms with van der Waals surface area (Å²) in [6.45, 7) is 55.2. The maximum Gasteiger partial charge on any atom is 0.344 e. The number of carbonyl (C=O) groups excluding carboxylic acids is 1. The topological polar surface area (TPSA) is 26.3 Å². The van der Waals surface area contributed by atoms with E-state index in [4.69, 9.17) is 4.74 Å². The Labute approximate surface area is 367 Å². The fourth-order valence-corrected chi connectivity index (χ4v) is 8.94. The molecule has 5 rings (SSSR count). The molecule has 0 unspecified atom stereocenters. The van der Waals surface area contributed by atoms with Crippen molar-refractivity contribution in [3.05, 3.63) is 110 Å². The van der Waals surface area contributed by atoms with Crippen LogP contribution in [0.2, 0.25) is 0 Å². The van der Waals surface area contributed by atoms with Crippen LogP contribution < -0.4 is 4.74 Å². The number of fused-ring (bicyclic) bond motifs is 6. The highest BCUT2D eigenvalue weighted by molar-refractivity contribution is 6.09. The van der Waals surface area contributed by atoms with E-state index in [1.807, 2.05) is 0 Å². The van der Waals surface area contributed by atoms with Gasteiger partial charge in [0, 0.05) is 16.7 Å². The Balaban J connectivity index is 2.18. The maximum absolute atomic E-state index is 16.2. The van der Waals surface area contributed by atoms with Crippen LogP contribution in [0.15, 0.2) is 48.5 Å². The summed E-state index contributed by atoms with van der Waals surface area (Å²) >= 11 is 0. The Kier molecular flexibility index (Phi) is 11.6. The van der Waals surface area contributed by atoms with Crippen LogP contribution >= 0.6 is 0 Å². The molecule has 0 saturated carbocycles. The number of carbonyl (C=O) groups is 1. The molecule has 0 amide bonds. The molecule has 60 heavy (non-hydrogen) atoms. The van der Waals surface area contributed by atoms with Gasteiger partial charge in [-0.1, -0.05) is 209 Å². The molecule has 2 bridgehead atoms. The molecule has 0 aromatic heterocycles. The second kappa shape index (κ2) is 14.7. The van der Waals surface area contributed by atoms with Crippen molar-refractivity contribution in [3.8, 4) is 28.0 Å². The third-order valence-electron chi connectivity index (χ3n) is 12.7. The molecule has 0 spiro atoms. The molecule has 4 aromatic rings. The fourth-order valence-electron chi connectivity index (χ4n) is 8.94. The highest BCUT2D eigenvalue weighted by Crippen LogP contribution is 2.54. The minimum absolute atomic E-state index is 0.0551. The Bertz CT molecular complexity index is 2200. The summed E-state index contributed by atoms with van der Waals surface area (Å²) in [5, 5.41) is 0. The lowest BCUT2D eigenvalue weighted by Gasteiger charge is -2.39. The number of rotatable bonds is 2. The second-order valence-electron chi connectivity index (χ2n) is 26.5. The van der Waals surface area contributed by atoms with Gasteiger partial charge in [0.2, 0.25) is 0 Å². The van der Waals surface area contributed by atoms with Gasteiger partial charge in [-0.25, -0.2) is 4.79 Å². The lowest BCUT2D eigenvalue weighted by atomic mass is 9.64. The molecule has 4 aromatic carbocycles. The first-order chi connectivity index (χ1) is 26.7. The van der Waals surface area contributed by atoms with Crippen LogP contribution in [-0.4, -0.2) is 5.97 Å². The van der Waals surface area contributed by atoms with Gasteiger partial charge in [-0.3, -0.25) is 0 Å². The predicted octanol–water partition coefficient (Wildman–Crippen LogP) is 16.5. The van der Waals surface area contributed by atoms with E-state index in [9.17, 15) is 0 Å². The van der Waals surface area contributed by atoms with Gasteiger partial charge in [0.05, 0.1) is 5.56 Å². The molecule has 0 fully saturated rings. The molecular formula is C58H82O2. The zero-order chi connectivity index (χ0) is 45.9. The Morgan fingerprint density at radius 1 is 0.367 bits per heavy atom. The lowest BCUT2D eigenvalue weighted by Crippen LogP contribution is -2.28. The van der Waals surface area contributed by atoms with Gasteiger partial charge >= 0.3 is 5.97 Å². The number of hydrogen-bond donors (Lipinski definition) is 0. The van der Waals surface area contributed by atoms with Crippen molar-refractivity contribution in [3.63, 3.8) is 0 Å². The summed E-state index contributed by atoms with van der Waals surface area (Å²) in [5.41, 5.74) is 16.0. The van der Waals surface area contributed by atoms with Crippen molar-refractivity contribution >= 4 is 5.97 Å². The third-order valence-corrected chi connectivity index (χ3v) is 12.7. The van der Waals surface area contributed by atoms with Crippen LogP contribution in [0.4, 0.5) is 0 Å². The fraction of sp³-hybridized carbons (Fsp3) is 0.569. The van der Waals surface area contributed by atoms with Crippen LogP contribution in [0.3, 0.4) is 0 Å². The van der Waals surface area contributed by atoms with Crippen molar-refractivity contribution < 1.29 is 9.53 Å². The molecule has 1 aliphatic rings. The van der Waals surface area contributed by atoms with E-state index in [2.05, 4.69) is 215 Å². The molecule has 326 valence electrons. The molecule has 1 aliphatic carbocycles. The van der Waals surface area contributed by atoms with E-state index < -0.39 is 0 Å². The first kappa shape index (κ1) is 47.4. The van der Waals surface area contributed by atoms with E-state index in [-0.39, 0.29) is 49.3 Å². The summed E-state index contributed by atoms with van der Waals surface area (Å²) in [7, 11) is 0. The number of hydrogen-bond acceptors (Lipinski definition) is 2. The minimum atomic E-state index is -0.298. The zero-order valence-electron chi connectivity index (χ0n) is 42.6. The normalized spacial score (nSPS) is 14.3. The zero-order valence-corrected chi connectivity index (χ0v) is 42.6. The van der Waals surface area contributed by atoms with Crippen LogP contribution in [0.25, 0.3) is 22.3 Å². The third kappa shape index (κ3) is 9.25. The largest absolute Gasteiger partial charge is 0.423 e. The van der Waals surface area contributed by atoms with Crippen molar-refractivity contribution in [2.45, 2.75) is 216 Å². The highest BCUT2D eigenvalue weighted by Gasteiger charge is 2.41. The summed E-state index contributed by atoms with van der Waals surface area (Å²) in [4.78, 5) is 16.2. The van der Waals surface area contributed by atoms with Gasteiger partial charge < -0.3 is 4.74 Å². The van der Waals surface area contributed by atoms with Crippen LogP contribution in [0.1, 0.15) is 232 Å². The number of benzene rings is 4. The smallest absolute Gasteiger partial charge is 0.344 e. The van der Waals surface area contributed by atoms with E-state index in [0.29, 0.717) is 11.3 Å². The van der Waals surface area contributed by atoms with Crippen molar-refractivity contribution in [2.24, 2.45) is 0 Å². The van der Waals surface area contributed by atoms with E-state index in [1.165, 1.54) is 61.2 Å². The standard InChI is InChI=1S/C58H82O2/c1-51(2,3)36-25-26-44(39(30-36)54(10,11)12)60-50(59)49-47-42(57(19,20)21)33-43(58(22,23)24)48(49)46-35(29-38(53(7,8)9)32-41(46)56(16,17)18)27-34-28-37(52(4,5)6)31-40(45(34)47)55(13,14)15/h25-26,28-33H,27H2,1-24H3. The average Bonchev–Trinajstić information content (AvgIpc) is 3.02. The molecular weight excluding hydrogens is 729 g/mol. The van der Waals surface area contributed by atoms with Crippen LogP contribution in [0.5, 0.6) is 5.75 Å². The van der Waals surface area contributed by atoms with Gasteiger partial charge in [-0.15, -0.1) is 0 Å². The molecule has 0 radical (unpaired) electrons. The molecule has 0 atom stereocenters. The predicted molar refractivity (Wildman–Crippen MR) is 261 cm³/mol. The Morgan fingerprint density at radius 3 is 1.00 bits per heavy atom. The van der Waals surface area contributed by atoms with Gasteiger partial charge in [0.25, 0.3) is 0 Å². The van der Waals surface area contributed by atoms with Gasteiger partial charge in [0.15, 0.2) is 0 Å². The Morgan fingerprint density at radius 2 is 0.683 bits per heavy atom. The SMILES string of the molecule is CC(C)(C)c1ccc(OC(=O)c2c3c(C(C)(C)C)cc(C(C)(C)C)c2-c2c(cc(C(C)(C)C)cc2C(C)(C)C)Cc2cc(C(C)(C)C)cc(C(C)(C)C)c2-3)c(C(C)(C)C)c1. The first-order valence-electron chi connectivity index (χ1n) is 22.7.